The standard InChI is InChI=1S/C16H19FN4O3/c17-12-1-3-13(4-2-12)24-6-5-21-9-11(7-16(22)23)14(10-21)15-8-18-20-19-15/h1-4,8,11,14H,5-7,9-10H2,(H,22,23)(H,18,19,20)/t11-,14+/m0/s1. The first kappa shape index (κ1) is 16.4. The first-order valence-electron chi connectivity index (χ1n) is 7.80. The second-order valence-electron chi connectivity index (χ2n) is 5.92. The number of carboxylic acid groups (broad SMARTS) is 1. The van der Waals surface area contributed by atoms with E-state index in [0.717, 1.165) is 12.2 Å². The van der Waals surface area contributed by atoms with Gasteiger partial charge in [0.15, 0.2) is 0 Å². The lowest BCUT2D eigenvalue weighted by Crippen LogP contribution is -2.26. The van der Waals surface area contributed by atoms with Crippen LogP contribution in [0, 0.1) is 11.7 Å². The van der Waals surface area contributed by atoms with Gasteiger partial charge in [-0.15, -0.1) is 0 Å². The van der Waals surface area contributed by atoms with Gasteiger partial charge in [-0.1, -0.05) is 0 Å². The summed E-state index contributed by atoms with van der Waals surface area (Å²) in [6, 6.07) is 5.89. The Bertz CT molecular complexity index is 662. The van der Waals surface area contributed by atoms with Crippen LogP contribution in [0.1, 0.15) is 18.0 Å². The highest BCUT2D eigenvalue weighted by Crippen LogP contribution is 2.33. The maximum Gasteiger partial charge on any atom is 0.303 e. The van der Waals surface area contributed by atoms with Gasteiger partial charge in [-0.3, -0.25) is 9.69 Å². The number of nitrogens with one attached hydrogen (secondary N) is 1. The molecule has 0 radical (unpaired) electrons. The molecule has 0 spiro atoms. The number of benzene rings is 1. The molecular formula is C16H19FN4O3. The molecule has 2 atom stereocenters. The summed E-state index contributed by atoms with van der Waals surface area (Å²) in [4.78, 5) is 13.2. The first-order valence-corrected chi connectivity index (χ1v) is 7.80. The van der Waals surface area contributed by atoms with E-state index in [-0.39, 0.29) is 24.1 Å². The van der Waals surface area contributed by atoms with Crippen LogP contribution in [0.4, 0.5) is 4.39 Å². The van der Waals surface area contributed by atoms with Crippen LogP contribution in [-0.2, 0) is 4.79 Å². The smallest absolute Gasteiger partial charge is 0.303 e. The molecule has 7 nitrogen and oxygen atoms in total. The number of hydrogen-bond donors (Lipinski definition) is 2. The third kappa shape index (κ3) is 4.08. The number of hydrogen-bond acceptors (Lipinski definition) is 5. The van der Waals surface area contributed by atoms with Crippen molar-refractivity contribution in [2.75, 3.05) is 26.2 Å². The number of carbonyl (C=O) groups is 1. The lowest BCUT2D eigenvalue weighted by Gasteiger charge is -2.16. The predicted octanol–water partition coefficient (Wildman–Crippen LogP) is 1.51. The van der Waals surface area contributed by atoms with Gasteiger partial charge < -0.3 is 9.84 Å². The lowest BCUT2D eigenvalue weighted by atomic mass is 9.91. The van der Waals surface area contributed by atoms with Crippen LogP contribution >= 0.6 is 0 Å². The summed E-state index contributed by atoms with van der Waals surface area (Å²) < 4.78 is 18.5. The topological polar surface area (TPSA) is 91.3 Å². The van der Waals surface area contributed by atoms with Gasteiger partial charge in [0.2, 0.25) is 0 Å². The number of ether oxygens (including phenoxy) is 1. The van der Waals surface area contributed by atoms with E-state index < -0.39 is 5.97 Å². The average Bonchev–Trinajstić information content (AvgIpc) is 3.18. The molecule has 1 saturated heterocycles. The van der Waals surface area contributed by atoms with Gasteiger partial charge in [-0.2, -0.15) is 15.4 Å². The van der Waals surface area contributed by atoms with Crippen molar-refractivity contribution in [2.24, 2.45) is 5.92 Å². The predicted molar refractivity (Wildman–Crippen MR) is 83.2 cm³/mol. The molecule has 128 valence electrons. The SMILES string of the molecule is O=C(O)C[C@H]1CN(CCOc2ccc(F)cc2)C[C@H]1c1cn[nH]n1. The van der Waals surface area contributed by atoms with Crippen LogP contribution < -0.4 is 4.74 Å². The molecule has 0 bridgehead atoms. The van der Waals surface area contributed by atoms with Crippen molar-refractivity contribution in [1.82, 2.24) is 20.3 Å². The molecule has 0 saturated carbocycles. The molecule has 8 heteroatoms. The minimum atomic E-state index is -0.807. The highest BCUT2D eigenvalue weighted by atomic mass is 19.1. The van der Waals surface area contributed by atoms with Crippen LogP contribution in [0.2, 0.25) is 0 Å². The van der Waals surface area contributed by atoms with E-state index in [2.05, 4.69) is 20.3 Å². The molecule has 1 aromatic heterocycles. The third-order valence-corrected chi connectivity index (χ3v) is 4.26. The number of nitrogens with zero attached hydrogens (tertiary/aromatic N) is 3. The maximum atomic E-state index is 12.9. The lowest BCUT2D eigenvalue weighted by molar-refractivity contribution is -0.138. The van der Waals surface area contributed by atoms with Crippen molar-refractivity contribution < 1.29 is 19.0 Å². The van der Waals surface area contributed by atoms with Gasteiger partial charge >= 0.3 is 5.97 Å². The molecule has 3 rings (SSSR count). The van der Waals surface area contributed by atoms with E-state index in [1.165, 1.54) is 12.1 Å². The molecule has 2 heterocycles. The van der Waals surface area contributed by atoms with Gasteiger partial charge in [0, 0.05) is 25.6 Å². The summed E-state index contributed by atoms with van der Waals surface area (Å²) in [5.41, 5.74) is 0.795. The summed E-state index contributed by atoms with van der Waals surface area (Å²) in [5.74, 6) is -0.443. The van der Waals surface area contributed by atoms with Crippen LogP contribution in [0.5, 0.6) is 5.75 Å². The van der Waals surface area contributed by atoms with E-state index in [0.29, 0.717) is 25.4 Å². The molecule has 1 aliphatic rings. The zero-order chi connectivity index (χ0) is 16.9. The van der Waals surface area contributed by atoms with Crippen molar-refractivity contribution in [3.8, 4) is 5.75 Å². The number of aliphatic carboxylic acids is 1. The number of halogens is 1. The fourth-order valence-electron chi connectivity index (χ4n) is 3.12. The van der Waals surface area contributed by atoms with Crippen molar-refractivity contribution in [1.29, 1.82) is 0 Å². The normalized spacial score (nSPS) is 21.0. The van der Waals surface area contributed by atoms with Crippen LogP contribution in [0.25, 0.3) is 0 Å². The second kappa shape index (κ2) is 7.39. The number of aromatic nitrogens is 3. The number of carboxylic acids is 1. The Balaban J connectivity index is 1.54. The molecule has 2 aromatic rings. The molecule has 1 aromatic carbocycles. The molecule has 1 fully saturated rings. The zero-order valence-electron chi connectivity index (χ0n) is 13.1. The van der Waals surface area contributed by atoms with Gasteiger partial charge in [0.25, 0.3) is 0 Å². The molecule has 0 unspecified atom stereocenters. The van der Waals surface area contributed by atoms with Crippen LogP contribution in [0.15, 0.2) is 30.5 Å². The summed E-state index contributed by atoms with van der Waals surface area (Å²) in [7, 11) is 0. The highest BCUT2D eigenvalue weighted by Gasteiger charge is 2.36. The summed E-state index contributed by atoms with van der Waals surface area (Å²) in [6.45, 7) is 2.52. The van der Waals surface area contributed by atoms with E-state index >= 15 is 0 Å². The maximum absolute atomic E-state index is 12.9. The Morgan fingerprint density at radius 3 is 2.83 bits per heavy atom. The molecule has 0 amide bonds. The van der Waals surface area contributed by atoms with E-state index in [1.807, 2.05) is 0 Å². The highest BCUT2D eigenvalue weighted by molar-refractivity contribution is 5.67. The van der Waals surface area contributed by atoms with Crippen LogP contribution in [0.3, 0.4) is 0 Å². The van der Waals surface area contributed by atoms with Gasteiger partial charge in [-0.25, -0.2) is 4.39 Å². The number of likely N-dealkylation sites (tertiary alicyclic amines) is 1. The molecule has 24 heavy (non-hydrogen) atoms. The zero-order valence-corrected chi connectivity index (χ0v) is 13.1. The van der Waals surface area contributed by atoms with Gasteiger partial charge in [-0.05, 0) is 30.2 Å². The minimum Gasteiger partial charge on any atom is -0.492 e. The Morgan fingerprint density at radius 2 is 2.17 bits per heavy atom. The molecule has 0 aliphatic carbocycles. The van der Waals surface area contributed by atoms with Crippen LogP contribution in [-0.4, -0.2) is 57.6 Å². The van der Waals surface area contributed by atoms with Crippen molar-refractivity contribution in [3.05, 3.63) is 42.0 Å². The number of H-pyrrole nitrogens is 1. The fourth-order valence-corrected chi connectivity index (χ4v) is 3.12. The fraction of sp³-hybridized carbons (Fsp3) is 0.438. The van der Waals surface area contributed by atoms with Crippen molar-refractivity contribution in [2.45, 2.75) is 12.3 Å². The Labute approximate surface area is 138 Å². The Hall–Kier alpha value is -2.48. The molecule has 1 aliphatic heterocycles. The van der Waals surface area contributed by atoms with Crippen molar-refractivity contribution in [3.63, 3.8) is 0 Å². The summed E-state index contributed by atoms with van der Waals surface area (Å²) >= 11 is 0. The van der Waals surface area contributed by atoms with E-state index in [1.54, 1.807) is 18.3 Å². The molecular weight excluding hydrogens is 315 g/mol. The number of rotatable bonds is 7. The van der Waals surface area contributed by atoms with Gasteiger partial charge in [0.05, 0.1) is 18.3 Å². The Kier molecular flexibility index (Phi) is 5.05. The minimum absolute atomic E-state index is 0.00146. The quantitative estimate of drug-likeness (QED) is 0.797. The first-order chi connectivity index (χ1) is 11.6. The largest absolute Gasteiger partial charge is 0.492 e. The van der Waals surface area contributed by atoms with Crippen molar-refractivity contribution >= 4 is 5.97 Å². The van der Waals surface area contributed by atoms with E-state index in [9.17, 15) is 9.18 Å². The summed E-state index contributed by atoms with van der Waals surface area (Å²) in [5, 5.41) is 19.6. The van der Waals surface area contributed by atoms with E-state index in [4.69, 9.17) is 9.84 Å². The molecule has 2 N–H and O–H groups in total. The second-order valence-corrected chi connectivity index (χ2v) is 5.92. The number of aromatic amines is 1. The average molecular weight is 334 g/mol. The van der Waals surface area contributed by atoms with Gasteiger partial charge in [0.1, 0.15) is 18.2 Å². The summed E-state index contributed by atoms with van der Waals surface area (Å²) in [6.07, 6.45) is 1.75. The monoisotopic (exact) mass is 334 g/mol. The third-order valence-electron chi connectivity index (χ3n) is 4.26. The Morgan fingerprint density at radius 1 is 1.38 bits per heavy atom.